The van der Waals surface area contributed by atoms with Crippen molar-refractivity contribution >= 4 is 23.7 Å². The molecule has 0 bridgehead atoms. The number of aliphatic hydroxyl groups excluding tert-OH is 1. The van der Waals surface area contributed by atoms with Gasteiger partial charge in [-0.2, -0.15) is 0 Å². The highest BCUT2D eigenvalue weighted by Crippen LogP contribution is 2.82. The molecule has 8 aliphatic rings. The Hall–Kier alpha value is -2.96. The molecule has 8 rings (SSSR count). The van der Waals surface area contributed by atoms with Crippen molar-refractivity contribution in [3.8, 4) is 0 Å². The van der Waals surface area contributed by atoms with E-state index in [-0.39, 0.29) is 23.5 Å². The third kappa shape index (κ3) is 3.33. The number of rotatable bonds is 3. The summed E-state index contributed by atoms with van der Waals surface area (Å²) in [6.45, 7) is 19.4. The van der Waals surface area contributed by atoms with Crippen molar-refractivity contribution < 1.29 is 57.8 Å². The number of fused-ring (bicyclic) bond motifs is 9. The van der Waals surface area contributed by atoms with Crippen LogP contribution in [0.2, 0.25) is 0 Å². The van der Waals surface area contributed by atoms with Gasteiger partial charge in [-0.3, -0.25) is 19.2 Å². The minimum Gasteiger partial charge on any atom is -0.504 e. The van der Waals surface area contributed by atoms with Crippen molar-refractivity contribution in [2.24, 2.45) is 57.7 Å². The normalized spacial score (nSPS) is 56.6. The first-order chi connectivity index (χ1) is 22.2. The first kappa shape index (κ1) is 32.3. The van der Waals surface area contributed by atoms with Crippen molar-refractivity contribution in [3.63, 3.8) is 0 Å². The Balaban J connectivity index is 1.40. The molecule has 7 fully saturated rings. The fourth-order valence-electron chi connectivity index (χ4n) is 13.1. The highest BCUT2D eigenvalue weighted by molar-refractivity contribution is 5.98. The summed E-state index contributed by atoms with van der Waals surface area (Å²) in [7, 11) is 0. The zero-order chi connectivity index (χ0) is 35.0. The van der Waals surface area contributed by atoms with Crippen LogP contribution < -0.4 is 0 Å². The fraction of sp³-hybridized carbons (Fsp3) is 0.778. The molecule has 3 saturated heterocycles. The van der Waals surface area contributed by atoms with Gasteiger partial charge in [-0.15, -0.1) is 0 Å². The number of allylic oxidation sites excluding steroid dienone is 1. The van der Waals surface area contributed by atoms with Crippen LogP contribution in [0.4, 0.5) is 0 Å². The molecule has 18 atom stereocenters. The van der Waals surface area contributed by atoms with E-state index in [4.69, 9.17) is 28.4 Å². The van der Waals surface area contributed by atoms with E-state index in [9.17, 15) is 29.4 Å². The predicted octanol–water partition coefficient (Wildman–Crippen LogP) is 3.15. The average molecular weight is 671 g/mol. The van der Waals surface area contributed by atoms with Gasteiger partial charge in [0.25, 0.3) is 0 Å². The molecule has 1 spiro atoms. The molecule has 0 radical (unpaired) electrons. The van der Waals surface area contributed by atoms with Crippen LogP contribution in [0.3, 0.4) is 0 Å². The van der Waals surface area contributed by atoms with Crippen LogP contribution in [-0.2, 0) is 47.6 Å². The number of carbonyl (C=O) groups is 4. The number of esters is 3. The summed E-state index contributed by atoms with van der Waals surface area (Å²) in [5.41, 5.74) is -4.48. The second kappa shape index (κ2) is 9.23. The predicted molar refractivity (Wildman–Crippen MR) is 163 cm³/mol. The molecule has 3 unspecified atom stereocenters. The molecule has 0 aromatic heterocycles. The van der Waals surface area contributed by atoms with Gasteiger partial charge < -0.3 is 38.6 Å². The van der Waals surface area contributed by atoms with Crippen LogP contribution in [0.15, 0.2) is 23.7 Å². The van der Waals surface area contributed by atoms with Gasteiger partial charge in [0, 0.05) is 55.8 Å². The van der Waals surface area contributed by atoms with E-state index in [0.717, 1.165) is 0 Å². The molecule has 4 saturated carbocycles. The van der Waals surface area contributed by atoms with Crippen LogP contribution in [0.25, 0.3) is 0 Å². The van der Waals surface area contributed by atoms with Gasteiger partial charge in [0.15, 0.2) is 5.76 Å². The van der Waals surface area contributed by atoms with Crippen molar-refractivity contribution in [2.75, 3.05) is 0 Å². The number of ketones is 1. The summed E-state index contributed by atoms with van der Waals surface area (Å²) in [4.78, 5) is 53.6. The highest BCUT2D eigenvalue weighted by Gasteiger charge is 2.92. The van der Waals surface area contributed by atoms with Crippen LogP contribution in [-0.4, -0.2) is 81.9 Å². The van der Waals surface area contributed by atoms with Gasteiger partial charge in [-0.1, -0.05) is 34.3 Å². The Morgan fingerprint density at radius 1 is 0.875 bits per heavy atom. The lowest BCUT2D eigenvalue weighted by atomic mass is 9.41. The molecule has 5 aliphatic carbocycles. The summed E-state index contributed by atoms with van der Waals surface area (Å²) in [6.07, 6.45) is -3.50. The number of Topliss-reactive ketones (excluding diaryl/α,β-unsaturated/α-hetero) is 1. The van der Waals surface area contributed by atoms with Gasteiger partial charge >= 0.3 is 17.9 Å². The smallest absolute Gasteiger partial charge is 0.303 e. The minimum absolute atomic E-state index is 0.140. The molecule has 3 aliphatic heterocycles. The van der Waals surface area contributed by atoms with Gasteiger partial charge in [0.2, 0.25) is 11.6 Å². The zero-order valence-corrected chi connectivity index (χ0v) is 28.9. The number of aliphatic hydroxyl groups is 2. The van der Waals surface area contributed by atoms with Crippen LogP contribution >= 0.6 is 0 Å². The zero-order valence-electron chi connectivity index (χ0n) is 28.9. The van der Waals surface area contributed by atoms with Crippen LogP contribution in [0.5, 0.6) is 0 Å². The third-order valence-electron chi connectivity index (χ3n) is 14.8. The molecular weight excluding hydrogens is 624 g/mol. The molecule has 3 heterocycles. The van der Waals surface area contributed by atoms with E-state index >= 15 is 0 Å². The summed E-state index contributed by atoms with van der Waals surface area (Å²) in [5.74, 6) is -7.73. The quantitative estimate of drug-likeness (QED) is 0.256. The summed E-state index contributed by atoms with van der Waals surface area (Å²) in [6, 6.07) is 0. The third-order valence-corrected chi connectivity index (χ3v) is 14.8. The molecule has 12 nitrogen and oxygen atoms in total. The van der Waals surface area contributed by atoms with E-state index in [1.54, 1.807) is 6.92 Å². The highest BCUT2D eigenvalue weighted by atomic mass is 16.8. The lowest BCUT2D eigenvalue weighted by molar-refractivity contribution is -0.217. The molecule has 2 N–H and O–H groups in total. The summed E-state index contributed by atoms with van der Waals surface area (Å²) >= 11 is 0. The van der Waals surface area contributed by atoms with Crippen LogP contribution in [0.1, 0.15) is 68.7 Å². The standard InChI is InChI=1S/C36H46O12/c1-12-21-20(26(41)25(40)18-11-19-27(46-19)31(32(18,21)7)45-17(6)39)23-28(43-15(4)37)24-22(33(23,8)29(12)44-16(5)38)13(2)30-36(48-30)34(24,9)35(10,42)14(3)47-36/h12-13,19-24,27-31,40,42H,3,11H2,1-2,4-10H3/t12?,13-,19-,20?,21?,22-,23+,24-,27-,28+,29-,30-,31-,32-,33+,34-,35+,36-/m0/s1. The molecule has 12 heteroatoms. The maximum atomic E-state index is 14.8. The van der Waals surface area contributed by atoms with Gasteiger partial charge in [-0.25, -0.2) is 0 Å². The second-order valence-corrected chi connectivity index (χ2v) is 16.7. The average Bonchev–Trinajstić information content (AvgIpc) is 3.88. The van der Waals surface area contributed by atoms with E-state index in [1.807, 2.05) is 34.6 Å². The van der Waals surface area contributed by atoms with Gasteiger partial charge in [0.05, 0.1) is 11.5 Å². The van der Waals surface area contributed by atoms with Crippen molar-refractivity contribution in [2.45, 2.75) is 117 Å². The van der Waals surface area contributed by atoms with Crippen molar-refractivity contribution in [1.29, 1.82) is 0 Å². The number of epoxide rings is 2. The summed E-state index contributed by atoms with van der Waals surface area (Å²) < 4.78 is 37.4. The largest absolute Gasteiger partial charge is 0.504 e. The Morgan fingerprint density at radius 3 is 2.08 bits per heavy atom. The molecule has 48 heavy (non-hydrogen) atoms. The number of hydrogen-bond donors (Lipinski definition) is 2. The molecule has 0 aromatic rings. The first-order valence-corrected chi connectivity index (χ1v) is 17.1. The monoisotopic (exact) mass is 670 g/mol. The number of ether oxygens (including phenoxy) is 6. The Bertz CT molecular complexity index is 1610. The lowest BCUT2D eigenvalue weighted by Gasteiger charge is -2.62. The maximum Gasteiger partial charge on any atom is 0.303 e. The topological polar surface area (TPSA) is 171 Å². The SMILES string of the molecule is C=C1O[C@]23O[C@H]2[C@@H](C)[C@H]2[C@@H]([C@H](OC(C)=O)[C@H]4C5C(=O)C(O)=C6C[C@@H]7O[C@@H]7[C@H](OC(C)=O)[C@]6(C)C5C(C)[C@H](OC(C)=O)[C@]24C)[C@@]3(C)[C@]1(C)O. The molecule has 0 amide bonds. The minimum atomic E-state index is -1.63. The number of hydrogen-bond acceptors (Lipinski definition) is 12. The second-order valence-electron chi connectivity index (χ2n) is 16.7. The van der Waals surface area contributed by atoms with E-state index in [1.165, 1.54) is 20.8 Å². The lowest BCUT2D eigenvalue weighted by Crippen LogP contribution is -2.68. The Labute approximate surface area is 279 Å². The molecular formula is C36H46O12. The van der Waals surface area contributed by atoms with Crippen molar-refractivity contribution in [1.82, 2.24) is 0 Å². The van der Waals surface area contributed by atoms with E-state index in [0.29, 0.717) is 12.0 Å². The maximum absolute atomic E-state index is 14.8. The van der Waals surface area contributed by atoms with E-state index < -0.39 is 117 Å². The van der Waals surface area contributed by atoms with Crippen LogP contribution in [0, 0.1) is 57.7 Å². The van der Waals surface area contributed by atoms with Gasteiger partial charge in [0.1, 0.15) is 41.9 Å². The molecule has 262 valence electrons. The fourth-order valence-corrected chi connectivity index (χ4v) is 13.1. The van der Waals surface area contributed by atoms with E-state index in [2.05, 4.69) is 6.58 Å². The number of carbonyl (C=O) groups excluding carboxylic acids is 4. The van der Waals surface area contributed by atoms with Crippen molar-refractivity contribution in [3.05, 3.63) is 23.7 Å². The van der Waals surface area contributed by atoms with Gasteiger partial charge in [-0.05, 0) is 43.1 Å². The summed E-state index contributed by atoms with van der Waals surface area (Å²) in [5, 5.41) is 24.1. The molecule has 0 aromatic carbocycles. The Kier molecular flexibility index (Phi) is 6.20. The first-order valence-electron chi connectivity index (χ1n) is 17.1. The Morgan fingerprint density at radius 2 is 1.48 bits per heavy atom.